The van der Waals surface area contributed by atoms with Crippen LogP contribution in [0.3, 0.4) is 0 Å². The number of aromatic nitrogens is 2. The number of hydrogen-bond acceptors (Lipinski definition) is 4. The first kappa shape index (κ1) is 22.9. The molecule has 0 atom stereocenters. The van der Waals surface area contributed by atoms with Crippen LogP contribution in [0.2, 0.25) is 5.02 Å². The van der Waals surface area contributed by atoms with Crippen molar-refractivity contribution in [3.63, 3.8) is 0 Å². The van der Waals surface area contributed by atoms with Crippen molar-refractivity contribution in [2.45, 2.75) is 67.7 Å². The van der Waals surface area contributed by atoms with Crippen LogP contribution in [0.25, 0.3) is 11.1 Å². The molecule has 0 N–H and O–H groups in total. The maximum absolute atomic E-state index is 6.59. The Morgan fingerprint density at radius 3 is 2.40 bits per heavy atom. The molecule has 1 aliphatic heterocycles. The molecule has 3 rings (SSSR count). The summed E-state index contributed by atoms with van der Waals surface area (Å²) in [6, 6.07) is 2.00. The van der Waals surface area contributed by atoms with Gasteiger partial charge in [-0.1, -0.05) is 46.2 Å². The molecule has 0 unspecified atom stereocenters. The summed E-state index contributed by atoms with van der Waals surface area (Å²) in [5.74, 6) is 0.940. The Balaban J connectivity index is 2.07. The zero-order valence-corrected chi connectivity index (χ0v) is 20.4. The number of halogens is 1. The lowest BCUT2D eigenvalue weighted by Gasteiger charge is -2.40. The van der Waals surface area contributed by atoms with Crippen LogP contribution in [0.1, 0.15) is 64.4 Å². The molecule has 0 aromatic carbocycles. The molecule has 0 bridgehead atoms. The Morgan fingerprint density at radius 2 is 1.80 bits per heavy atom. The zero-order chi connectivity index (χ0) is 22.1. The zero-order valence-electron chi connectivity index (χ0n) is 19.6. The Kier molecular flexibility index (Phi) is 6.96. The van der Waals surface area contributed by atoms with Crippen LogP contribution in [0, 0.1) is 25.2 Å². The topological polar surface area (TPSA) is 38.3 Å². The Bertz CT molecular complexity index is 898. The average Bonchev–Trinajstić information content (AvgIpc) is 2.68. The summed E-state index contributed by atoms with van der Waals surface area (Å²) >= 11 is 6.59. The lowest BCUT2D eigenvalue weighted by Crippen LogP contribution is -2.38. The molecule has 4 nitrogen and oxygen atoms in total. The van der Waals surface area contributed by atoms with E-state index in [9.17, 15) is 0 Å². The van der Waals surface area contributed by atoms with Crippen molar-refractivity contribution in [1.82, 2.24) is 9.97 Å². The third-order valence-electron chi connectivity index (χ3n) is 6.13. The van der Waals surface area contributed by atoms with Crippen molar-refractivity contribution < 1.29 is 4.74 Å². The molecular weight excluding hydrogens is 394 g/mol. The summed E-state index contributed by atoms with van der Waals surface area (Å²) in [4.78, 5) is 12.0. The minimum absolute atomic E-state index is 0.404. The van der Waals surface area contributed by atoms with E-state index in [-0.39, 0.29) is 0 Å². The third-order valence-corrected chi connectivity index (χ3v) is 6.40. The molecule has 1 saturated heterocycles. The van der Waals surface area contributed by atoms with Gasteiger partial charge < -0.3 is 9.64 Å². The molecule has 1 aliphatic rings. The van der Waals surface area contributed by atoms with Gasteiger partial charge in [-0.2, -0.15) is 0 Å². The van der Waals surface area contributed by atoms with Crippen molar-refractivity contribution in [2.24, 2.45) is 11.3 Å². The predicted octanol–water partition coefficient (Wildman–Crippen LogP) is 6.64. The number of nitrogens with zero attached hydrogens (tertiary/aromatic N) is 3. The van der Waals surface area contributed by atoms with Gasteiger partial charge in [0.2, 0.25) is 5.88 Å². The molecule has 30 heavy (non-hydrogen) atoms. The number of pyridine rings is 2. The molecule has 1 fully saturated rings. The number of rotatable bonds is 6. The standard InChI is InChI=1S/C25H36ClN3O/c1-8-19-17(4)27-14-21(23(19)29-11-9-25(6,7)10-12-29)20-13-22(26)24(28-18(20)5)30-15-16(2)3/h13-14,16H,8-12,15H2,1-7H3. The largest absolute Gasteiger partial charge is 0.476 e. The number of hydrogen-bond donors (Lipinski definition) is 0. The van der Waals surface area contributed by atoms with E-state index in [2.05, 4.69) is 46.4 Å². The quantitative estimate of drug-likeness (QED) is 0.516. The SMILES string of the molecule is CCc1c(C)ncc(-c2cc(Cl)c(OCC(C)C)nc2C)c1N1CCC(C)(C)CC1. The van der Waals surface area contributed by atoms with Crippen LogP contribution < -0.4 is 9.64 Å². The first-order chi connectivity index (χ1) is 14.1. The Hall–Kier alpha value is -1.81. The highest BCUT2D eigenvalue weighted by atomic mass is 35.5. The lowest BCUT2D eigenvalue weighted by molar-refractivity contribution is 0.261. The molecule has 0 radical (unpaired) electrons. The summed E-state index contributed by atoms with van der Waals surface area (Å²) < 4.78 is 5.83. The highest BCUT2D eigenvalue weighted by molar-refractivity contribution is 6.32. The van der Waals surface area contributed by atoms with E-state index in [0.717, 1.165) is 42.0 Å². The third kappa shape index (κ3) is 4.91. The summed E-state index contributed by atoms with van der Waals surface area (Å²) in [5.41, 5.74) is 7.22. The Morgan fingerprint density at radius 1 is 1.13 bits per heavy atom. The van der Waals surface area contributed by atoms with Crippen molar-refractivity contribution in [1.29, 1.82) is 0 Å². The van der Waals surface area contributed by atoms with E-state index in [0.29, 0.717) is 28.8 Å². The summed E-state index contributed by atoms with van der Waals surface area (Å²) in [6.45, 7) is 18.1. The van der Waals surface area contributed by atoms with E-state index in [1.54, 1.807) is 0 Å². The summed E-state index contributed by atoms with van der Waals surface area (Å²) in [7, 11) is 0. The number of anilines is 1. The predicted molar refractivity (Wildman–Crippen MR) is 127 cm³/mol. The van der Waals surface area contributed by atoms with Crippen LogP contribution in [-0.4, -0.2) is 29.7 Å². The van der Waals surface area contributed by atoms with Crippen molar-refractivity contribution in [2.75, 3.05) is 24.6 Å². The fourth-order valence-corrected chi connectivity index (χ4v) is 4.34. The normalized spacial score (nSPS) is 16.2. The molecule has 0 spiro atoms. The molecule has 3 heterocycles. The lowest BCUT2D eigenvalue weighted by atomic mass is 9.82. The summed E-state index contributed by atoms with van der Waals surface area (Å²) in [6.07, 6.45) is 5.34. The second kappa shape index (κ2) is 9.13. The van der Waals surface area contributed by atoms with Gasteiger partial charge in [0.1, 0.15) is 5.02 Å². The van der Waals surface area contributed by atoms with Gasteiger partial charge in [-0.05, 0) is 56.1 Å². The molecule has 0 aliphatic carbocycles. The van der Waals surface area contributed by atoms with Crippen molar-refractivity contribution in [3.05, 3.63) is 34.2 Å². The number of aryl methyl sites for hydroxylation is 2. The summed E-state index contributed by atoms with van der Waals surface area (Å²) in [5, 5.41) is 0.556. The van der Waals surface area contributed by atoms with Gasteiger partial charge in [0.15, 0.2) is 0 Å². The van der Waals surface area contributed by atoms with E-state index in [1.165, 1.54) is 24.1 Å². The minimum Gasteiger partial charge on any atom is -0.476 e. The van der Waals surface area contributed by atoms with Crippen molar-refractivity contribution in [3.8, 4) is 17.0 Å². The molecule has 0 amide bonds. The maximum atomic E-state index is 6.59. The van der Waals surface area contributed by atoms with Gasteiger partial charge in [-0.3, -0.25) is 4.98 Å². The maximum Gasteiger partial charge on any atom is 0.232 e. The molecule has 2 aromatic heterocycles. The van der Waals surface area contributed by atoms with Crippen LogP contribution in [0.15, 0.2) is 12.3 Å². The first-order valence-corrected chi connectivity index (χ1v) is 11.5. The minimum atomic E-state index is 0.404. The molecule has 5 heteroatoms. The van der Waals surface area contributed by atoms with Gasteiger partial charge >= 0.3 is 0 Å². The number of piperidine rings is 1. The van der Waals surface area contributed by atoms with Gasteiger partial charge in [0.05, 0.1) is 12.3 Å². The second-order valence-electron chi connectivity index (χ2n) is 9.70. The second-order valence-corrected chi connectivity index (χ2v) is 10.1. The molecule has 2 aromatic rings. The fourth-order valence-electron chi connectivity index (χ4n) is 4.13. The molecule has 164 valence electrons. The average molecular weight is 430 g/mol. The van der Waals surface area contributed by atoms with Gasteiger partial charge in [0.25, 0.3) is 0 Å². The highest BCUT2D eigenvalue weighted by Gasteiger charge is 2.29. The monoisotopic (exact) mass is 429 g/mol. The molecular formula is C25H36ClN3O. The van der Waals surface area contributed by atoms with Crippen molar-refractivity contribution >= 4 is 17.3 Å². The molecule has 0 saturated carbocycles. The van der Waals surface area contributed by atoms with E-state index in [4.69, 9.17) is 26.3 Å². The first-order valence-electron chi connectivity index (χ1n) is 11.2. The van der Waals surface area contributed by atoms with Crippen LogP contribution in [0.5, 0.6) is 5.88 Å². The fraction of sp³-hybridized carbons (Fsp3) is 0.600. The smallest absolute Gasteiger partial charge is 0.232 e. The van der Waals surface area contributed by atoms with E-state index in [1.807, 2.05) is 19.2 Å². The Labute approximate surface area is 187 Å². The van der Waals surface area contributed by atoms with Gasteiger partial charge in [-0.15, -0.1) is 0 Å². The van der Waals surface area contributed by atoms with Crippen LogP contribution in [0.4, 0.5) is 5.69 Å². The van der Waals surface area contributed by atoms with Gasteiger partial charge in [0, 0.05) is 41.8 Å². The number of ether oxygens (including phenoxy) is 1. The van der Waals surface area contributed by atoms with Gasteiger partial charge in [-0.25, -0.2) is 4.98 Å². The van der Waals surface area contributed by atoms with E-state index < -0.39 is 0 Å². The van der Waals surface area contributed by atoms with Crippen LogP contribution >= 0.6 is 11.6 Å². The van der Waals surface area contributed by atoms with Crippen LogP contribution in [-0.2, 0) is 6.42 Å². The highest BCUT2D eigenvalue weighted by Crippen LogP contribution is 2.41. The van der Waals surface area contributed by atoms with E-state index >= 15 is 0 Å².